The van der Waals surface area contributed by atoms with Gasteiger partial charge in [-0.2, -0.15) is 8.42 Å². The van der Waals surface area contributed by atoms with E-state index in [0.717, 1.165) is 12.8 Å². The molecule has 0 spiro atoms. The van der Waals surface area contributed by atoms with E-state index in [9.17, 15) is 13.2 Å². The maximum absolute atomic E-state index is 11.8. The Morgan fingerprint density at radius 2 is 1.29 bits per heavy atom. The molecule has 0 atom stereocenters. The molecule has 5 nitrogen and oxygen atoms in total. The van der Waals surface area contributed by atoms with Crippen molar-refractivity contribution in [3.63, 3.8) is 0 Å². The Bertz CT molecular complexity index is 723. The molecule has 0 bridgehead atoms. The van der Waals surface area contributed by atoms with E-state index in [1.54, 1.807) is 0 Å². The summed E-state index contributed by atoms with van der Waals surface area (Å²) >= 11 is 0. The van der Waals surface area contributed by atoms with Gasteiger partial charge < -0.3 is 4.74 Å². The van der Waals surface area contributed by atoms with E-state index in [1.165, 1.54) is 101 Å². The first-order chi connectivity index (χ1) is 14.9. The van der Waals surface area contributed by atoms with Gasteiger partial charge in [-0.25, -0.2) is 0 Å². The number of rotatable bonds is 18. The molecule has 0 fully saturated rings. The van der Waals surface area contributed by atoms with Crippen molar-refractivity contribution in [2.24, 2.45) is 0 Å². The Morgan fingerprint density at radius 1 is 0.806 bits per heavy atom. The Balaban J connectivity index is 1.96. The minimum absolute atomic E-state index is 0.179. The lowest BCUT2D eigenvalue weighted by Gasteiger charge is -2.03. The number of hydrogen-bond donors (Lipinski definition) is 1. The summed E-state index contributed by atoms with van der Waals surface area (Å²) in [7, 11) is -4.24. The topological polar surface area (TPSA) is 80.7 Å². The quantitative estimate of drug-likeness (QED) is 0.0833. The molecular weight excluding hydrogens is 412 g/mol. The molecule has 0 aromatic heterocycles. The minimum Gasteiger partial charge on any atom is -0.426 e. The molecule has 0 unspecified atom stereocenters. The summed E-state index contributed by atoms with van der Waals surface area (Å²) < 4.78 is 36.0. The van der Waals surface area contributed by atoms with E-state index >= 15 is 0 Å². The van der Waals surface area contributed by atoms with E-state index in [0.29, 0.717) is 0 Å². The van der Waals surface area contributed by atoms with Crippen LogP contribution >= 0.6 is 0 Å². The lowest BCUT2D eigenvalue weighted by Crippen LogP contribution is -2.06. The maximum Gasteiger partial charge on any atom is 0.315 e. The van der Waals surface area contributed by atoms with Crippen LogP contribution in [0.5, 0.6) is 5.75 Å². The van der Waals surface area contributed by atoms with Crippen LogP contribution in [-0.2, 0) is 14.9 Å². The fraction of sp³-hybridized carbons (Fsp3) is 0.640. The van der Waals surface area contributed by atoms with Gasteiger partial charge in [0.05, 0.1) is 11.3 Å². The largest absolute Gasteiger partial charge is 0.426 e. The van der Waals surface area contributed by atoms with Crippen LogP contribution in [0.2, 0.25) is 0 Å². The Hall–Kier alpha value is -1.66. The molecule has 0 radical (unpaired) electrons. The van der Waals surface area contributed by atoms with Gasteiger partial charge in [0.2, 0.25) is 0 Å². The highest BCUT2D eigenvalue weighted by Gasteiger charge is 2.09. The van der Waals surface area contributed by atoms with Gasteiger partial charge in [-0.3, -0.25) is 9.35 Å². The van der Waals surface area contributed by atoms with Gasteiger partial charge in [0.15, 0.2) is 0 Å². The van der Waals surface area contributed by atoms with Crippen molar-refractivity contribution in [3.8, 4) is 5.75 Å². The lowest BCUT2D eigenvalue weighted by molar-refractivity contribution is -0.133. The summed E-state index contributed by atoms with van der Waals surface area (Å²) in [4.78, 5) is 11.6. The average Bonchev–Trinajstić information content (AvgIpc) is 2.73. The summed E-state index contributed by atoms with van der Waals surface area (Å²) in [6, 6.07) is 5.08. The van der Waals surface area contributed by atoms with Crippen molar-refractivity contribution in [1.82, 2.24) is 0 Å². The molecule has 1 aromatic rings. The second-order valence-electron chi connectivity index (χ2n) is 8.13. The van der Waals surface area contributed by atoms with E-state index in [4.69, 9.17) is 9.29 Å². The first-order valence-electron chi connectivity index (χ1n) is 11.9. The Labute approximate surface area is 189 Å². The van der Waals surface area contributed by atoms with E-state index in [2.05, 4.69) is 6.92 Å². The number of ether oxygens (including phenoxy) is 1. The van der Waals surface area contributed by atoms with E-state index in [1.807, 2.05) is 12.2 Å². The highest BCUT2D eigenvalue weighted by atomic mass is 32.2. The zero-order chi connectivity index (χ0) is 22.8. The standard InChI is InChI=1S/C25H40O5S/c1-2-3-4-5-6-7-8-9-10-11-12-13-14-15-16-17-18-25(26)30-23-19-21-24(22-20-23)31(27,28)29/h16-17,19-22H,2-15,18H2,1H3,(H,27,28,29). The zero-order valence-corrected chi connectivity index (χ0v) is 19.9. The van der Waals surface area contributed by atoms with Crippen molar-refractivity contribution in [2.45, 2.75) is 108 Å². The number of carbonyl (C=O) groups excluding carboxylic acids is 1. The SMILES string of the molecule is CCCCCCCCCCCCCCCC=CCC(=O)Oc1ccc(S(=O)(=O)O)cc1. The molecule has 6 heteroatoms. The zero-order valence-electron chi connectivity index (χ0n) is 19.1. The van der Waals surface area contributed by atoms with Crippen LogP contribution in [0, 0.1) is 0 Å². The number of allylic oxidation sites excluding steroid dienone is 1. The lowest BCUT2D eigenvalue weighted by atomic mass is 10.0. The number of esters is 1. The minimum atomic E-state index is -4.24. The van der Waals surface area contributed by atoms with Crippen molar-refractivity contribution >= 4 is 16.1 Å². The first-order valence-corrected chi connectivity index (χ1v) is 13.3. The maximum atomic E-state index is 11.8. The van der Waals surface area contributed by atoms with Crippen molar-refractivity contribution in [1.29, 1.82) is 0 Å². The van der Waals surface area contributed by atoms with Gasteiger partial charge in [-0.15, -0.1) is 0 Å². The average molecular weight is 453 g/mol. The predicted molar refractivity (Wildman–Crippen MR) is 126 cm³/mol. The van der Waals surface area contributed by atoms with E-state index in [-0.39, 0.29) is 17.1 Å². The third-order valence-corrected chi connectivity index (χ3v) is 6.15. The van der Waals surface area contributed by atoms with Gasteiger partial charge in [0.25, 0.3) is 10.1 Å². The number of unbranched alkanes of at least 4 members (excludes halogenated alkanes) is 13. The van der Waals surface area contributed by atoms with Gasteiger partial charge in [0.1, 0.15) is 5.75 Å². The van der Waals surface area contributed by atoms with Crippen LogP contribution in [0.4, 0.5) is 0 Å². The summed E-state index contributed by atoms with van der Waals surface area (Å²) in [5, 5.41) is 0. The number of hydrogen-bond acceptors (Lipinski definition) is 4. The summed E-state index contributed by atoms with van der Waals surface area (Å²) in [5.41, 5.74) is 0. The molecule has 1 rings (SSSR count). The van der Waals surface area contributed by atoms with Gasteiger partial charge in [-0.05, 0) is 37.1 Å². The van der Waals surface area contributed by atoms with Crippen LogP contribution in [0.1, 0.15) is 103 Å². The number of carbonyl (C=O) groups is 1. The normalized spacial score (nSPS) is 11.8. The van der Waals surface area contributed by atoms with Crippen molar-refractivity contribution in [2.75, 3.05) is 0 Å². The molecule has 0 aliphatic carbocycles. The fourth-order valence-corrected chi connectivity index (χ4v) is 3.91. The molecule has 0 saturated heterocycles. The van der Waals surface area contributed by atoms with Crippen LogP contribution in [0.3, 0.4) is 0 Å². The predicted octanol–water partition coefficient (Wildman–Crippen LogP) is 7.27. The summed E-state index contributed by atoms with van der Waals surface area (Å²) in [6.07, 6.45) is 22.4. The van der Waals surface area contributed by atoms with Crippen LogP contribution < -0.4 is 4.74 Å². The molecule has 31 heavy (non-hydrogen) atoms. The van der Waals surface area contributed by atoms with E-state index < -0.39 is 16.1 Å². The third kappa shape index (κ3) is 14.9. The van der Waals surface area contributed by atoms with Crippen LogP contribution in [0.25, 0.3) is 0 Å². The second kappa shape index (κ2) is 17.0. The molecule has 0 aliphatic heterocycles. The highest BCUT2D eigenvalue weighted by molar-refractivity contribution is 7.85. The second-order valence-corrected chi connectivity index (χ2v) is 9.55. The van der Waals surface area contributed by atoms with Gasteiger partial charge >= 0.3 is 5.97 Å². The van der Waals surface area contributed by atoms with Crippen LogP contribution in [0.15, 0.2) is 41.3 Å². The monoisotopic (exact) mass is 452 g/mol. The molecule has 0 amide bonds. The first kappa shape index (κ1) is 27.4. The fourth-order valence-electron chi connectivity index (χ4n) is 3.43. The highest BCUT2D eigenvalue weighted by Crippen LogP contribution is 2.16. The smallest absolute Gasteiger partial charge is 0.315 e. The Morgan fingerprint density at radius 3 is 1.77 bits per heavy atom. The molecule has 1 N–H and O–H groups in total. The van der Waals surface area contributed by atoms with Crippen molar-refractivity contribution < 1.29 is 22.5 Å². The molecular formula is C25H40O5S. The molecule has 0 saturated carbocycles. The summed E-state index contributed by atoms with van der Waals surface area (Å²) in [5.74, 6) is -0.150. The molecule has 1 aromatic carbocycles. The molecule has 176 valence electrons. The Kier molecular flexibility index (Phi) is 15.0. The van der Waals surface area contributed by atoms with Gasteiger partial charge in [-0.1, -0.05) is 96.1 Å². The molecule has 0 heterocycles. The third-order valence-electron chi connectivity index (χ3n) is 5.28. The number of benzene rings is 1. The molecule has 0 aliphatic rings. The van der Waals surface area contributed by atoms with Gasteiger partial charge in [0, 0.05) is 0 Å². The summed E-state index contributed by atoms with van der Waals surface area (Å²) in [6.45, 7) is 2.26. The van der Waals surface area contributed by atoms with Crippen molar-refractivity contribution in [3.05, 3.63) is 36.4 Å². The van der Waals surface area contributed by atoms with Crippen LogP contribution in [-0.4, -0.2) is 18.9 Å².